The molecule has 0 bridgehead atoms. The maximum Gasteiger partial charge on any atom is -1.00 e. The minimum atomic E-state index is -4.19. The summed E-state index contributed by atoms with van der Waals surface area (Å²) in [6.07, 6.45) is -4.19. The van der Waals surface area contributed by atoms with Crippen LogP contribution in [0.15, 0.2) is 24.3 Å². The Morgan fingerprint density at radius 3 is 1.92 bits per heavy atom. The van der Waals surface area contributed by atoms with Crippen molar-refractivity contribution < 1.29 is 48.5 Å². The van der Waals surface area contributed by atoms with E-state index in [2.05, 4.69) is 0 Å². The van der Waals surface area contributed by atoms with Crippen molar-refractivity contribution in [2.24, 2.45) is 0 Å². The second kappa shape index (κ2) is 4.38. The van der Waals surface area contributed by atoms with Crippen LogP contribution in [0.2, 0.25) is 0 Å². The van der Waals surface area contributed by atoms with Crippen LogP contribution in [0.5, 0.6) is 0 Å². The maximum atomic E-state index is 12.1. The van der Waals surface area contributed by atoms with Crippen LogP contribution in [-0.2, 0) is 24.5 Å². The van der Waals surface area contributed by atoms with Crippen LogP contribution in [0.1, 0.15) is 5.56 Å². The first-order valence-corrected chi connectivity index (χ1v) is 4.48. The molecule has 0 spiro atoms. The summed E-state index contributed by atoms with van der Waals surface area (Å²) in [6, 6.07) is 5.64. The first kappa shape index (κ1) is 12.1. The van der Waals surface area contributed by atoms with E-state index in [0.29, 0.717) is 22.5 Å². The molecule has 0 aliphatic carbocycles. The van der Waals surface area contributed by atoms with Gasteiger partial charge in [0.2, 0.25) is 0 Å². The molecule has 0 fully saturated rings. The van der Waals surface area contributed by atoms with Crippen molar-refractivity contribution in [2.45, 2.75) is 6.18 Å². The SMILES string of the molecule is FC(F)(F)c1cccc[c]1[Zn+].[Br-]. The number of halogens is 4. The number of alkyl halides is 3. The molecule has 0 nitrogen and oxygen atoms in total. The molecular weight excluding hydrogens is 286 g/mol. The van der Waals surface area contributed by atoms with Crippen LogP contribution in [0, 0.1) is 0 Å². The number of rotatable bonds is 0. The van der Waals surface area contributed by atoms with Crippen LogP contribution >= 0.6 is 0 Å². The number of hydrogen-bond donors (Lipinski definition) is 0. The van der Waals surface area contributed by atoms with Gasteiger partial charge in [0.05, 0.1) is 0 Å². The van der Waals surface area contributed by atoms with Gasteiger partial charge in [0.15, 0.2) is 0 Å². The summed E-state index contributed by atoms with van der Waals surface area (Å²) >= 11 is 0.537. The standard InChI is InChI=1S/C7H4F3.BrH.Zn/c8-7(9,10)6-4-2-1-3-5-6;;/h1-4H;1H;/q;;+1/p-1. The third-order valence-corrected chi connectivity index (χ3v) is 2.62. The first-order chi connectivity index (χ1) is 5.02. The third kappa shape index (κ3) is 2.87. The molecule has 12 heavy (non-hydrogen) atoms. The summed E-state index contributed by atoms with van der Waals surface area (Å²) in [5.74, 6) is 0. The third-order valence-electron chi connectivity index (χ3n) is 1.32. The molecule has 0 aliphatic rings. The van der Waals surface area contributed by atoms with Crippen molar-refractivity contribution in [3.8, 4) is 0 Å². The first-order valence-electron chi connectivity index (χ1n) is 3.00. The minimum Gasteiger partial charge on any atom is -1.00 e. The smallest absolute Gasteiger partial charge is 1.00 e. The fourth-order valence-electron chi connectivity index (χ4n) is 0.797. The molecule has 62 valence electrons. The van der Waals surface area contributed by atoms with E-state index >= 15 is 0 Å². The van der Waals surface area contributed by atoms with Gasteiger partial charge in [-0.2, -0.15) is 0 Å². The van der Waals surface area contributed by atoms with E-state index in [1.807, 2.05) is 0 Å². The van der Waals surface area contributed by atoms with Crippen LogP contribution in [-0.4, -0.2) is 0 Å². The van der Waals surface area contributed by atoms with Crippen molar-refractivity contribution in [2.75, 3.05) is 0 Å². The number of hydrogen-bond acceptors (Lipinski definition) is 0. The molecule has 1 aromatic rings. The van der Waals surface area contributed by atoms with E-state index in [1.165, 1.54) is 12.1 Å². The Hall–Kier alpha value is 0.113. The molecule has 0 saturated heterocycles. The normalized spacial score (nSPS) is 10.8. The second-order valence-electron chi connectivity index (χ2n) is 2.15. The van der Waals surface area contributed by atoms with Gasteiger partial charge in [-0.1, -0.05) is 0 Å². The molecule has 1 aromatic carbocycles. The van der Waals surface area contributed by atoms with E-state index in [1.54, 1.807) is 6.07 Å². The van der Waals surface area contributed by atoms with Gasteiger partial charge in [-0.05, 0) is 0 Å². The summed E-state index contributed by atoms with van der Waals surface area (Å²) in [7, 11) is 0. The molecule has 0 aromatic heterocycles. The molecule has 0 atom stereocenters. The molecule has 0 heterocycles. The van der Waals surface area contributed by atoms with E-state index < -0.39 is 11.7 Å². The molecular formula is C7H4BrF3Zn. The monoisotopic (exact) mass is 288 g/mol. The summed E-state index contributed by atoms with van der Waals surface area (Å²) in [6.45, 7) is 0. The predicted octanol–water partition coefficient (Wildman–Crippen LogP) is -1.12. The Balaban J connectivity index is 0.00000121. The average Bonchev–Trinajstić information content (AvgIpc) is 1.86. The zero-order valence-electron chi connectivity index (χ0n) is 6.03. The molecule has 0 aliphatic heterocycles. The molecule has 0 N–H and O–H groups in total. The topological polar surface area (TPSA) is 0 Å². The van der Waals surface area contributed by atoms with Crippen molar-refractivity contribution in [1.82, 2.24) is 0 Å². The van der Waals surface area contributed by atoms with Crippen molar-refractivity contribution in [3.05, 3.63) is 29.8 Å². The van der Waals surface area contributed by atoms with Crippen molar-refractivity contribution >= 4 is 4.16 Å². The zero-order valence-corrected chi connectivity index (χ0v) is 10.6. The molecule has 1 rings (SSSR count). The van der Waals surface area contributed by atoms with Crippen LogP contribution in [0.3, 0.4) is 0 Å². The van der Waals surface area contributed by atoms with E-state index in [-0.39, 0.29) is 17.0 Å². The average molecular weight is 290 g/mol. The van der Waals surface area contributed by atoms with E-state index in [0.717, 1.165) is 6.07 Å². The van der Waals surface area contributed by atoms with Gasteiger partial charge in [-0.3, -0.25) is 0 Å². The molecule has 0 saturated carbocycles. The van der Waals surface area contributed by atoms with E-state index in [4.69, 9.17) is 0 Å². The summed E-state index contributed by atoms with van der Waals surface area (Å²) in [5, 5.41) is 0. The maximum absolute atomic E-state index is 12.1. The van der Waals surface area contributed by atoms with Crippen LogP contribution in [0.25, 0.3) is 0 Å². The largest absolute Gasteiger partial charge is 1.00 e. The Bertz CT molecular complexity index is 259. The van der Waals surface area contributed by atoms with E-state index in [9.17, 15) is 13.2 Å². The van der Waals surface area contributed by atoms with Gasteiger partial charge in [-0.15, -0.1) is 0 Å². The van der Waals surface area contributed by atoms with Gasteiger partial charge in [0.25, 0.3) is 0 Å². The van der Waals surface area contributed by atoms with Gasteiger partial charge in [0.1, 0.15) is 0 Å². The molecule has 0 unspecified atom stereocenters. The minimum absolute atomic E-state index is 0. The summed E-state index contributed by atoms with van der Waals surface area (Å²) in [5.41, 5.74) is -0.500. The summed E-state index contributed by atoms with van der Waals surface area (Å²) < 4.78 is 36.6. The predicted molar refractivity (Wildman–Crippen MR) is 31.1 cm³/mol. The Morgan fingerprint density at radius 2 is 1.58 bits per heavy atom. The zero-order chi connectivity index (χ0) is 8.48. The quantitative estimate of drug-likeness (QED) is 0.531. The number of benzene rings is 1. The fourth-order valence-corrected chi connectivity index (χ4v) is 1.75. The molecule has 5 heteroatoms. The second-order valence-corrected chi connectivity index (χ2v) is 3.75. The van der Waals surface area contributed by atoms with Gasteiger partial charge >= 0.3 is 71.6 Å². The van der Waals surface area contributed by atoms with Crippen LogP contribution < -0.4 is 21.1 Å². The molecule has 0 amide bonds. The molecule has 0 radical (unpaired) electrons. The Kier molecular flexibility index (Phi) is 4.42. The van der Waals surface area contributed by atoms with Crippen molar-refractivity contribution in [1.29, 1.82) is 0 Å². The fraction of sp³-hybridized carbons (Fsp3) is 0.143. The van der Waals surface area contributed by atoms with Gasteiger partial charge < -0.3 is 17.0 Å². The van der Waals surface area contributed by atoms with Crippen LogP contribution in [0.4, 0.5) is 13.2 Å². The van der Waals surface area contributed by atoms with Crippen molar-refractivity contribution in [3.63, 3.8) is 0 Å². The Labute approximate surface area is 88.6 Å². The Morgan fingerprint density at radius 1 is 1.08 bits per heavy atom. The van der Waals surface area contributed by atoms with Gasteiger partial charge in [-0.25, -0.2) is 0 Å². The summed E-state index contributed by atoms with van der Waals surface area (Å²) in [4.78, 5) is 0. The van der Waals surface area contributed by atoms with Gasteiger partial charge in [0, 0.05) is 0 Å².